The molecule has 1 fully saturated rings. The third-order valence-corrected chi connectivity index (χ3v) is 7.04. The highest BCUT2D eigenvalue weighted by atomic mass is 19.1. The van der Waals surface area contributed by atoms with Gasteiger partial charge in [-0.15, -0.1) is 0 Å². The van der Waals surface area contributed by atoms with Gasteiger partial charge in [0.2, 0.25) is 0 Å². The van der Waals surface area contributed by atoms with Crippen LogP contribution in [0.3, 0.4) is 0 Å². The molecule has 2 atom stereocenters. The molecule has 148 valence electrons. The Morgan fingerprint density at radius 1 is 1.16 bits per heavy atom. The molecular weight excluding hydrogens is 318 g/mol. The fraction of sp³-hybridized carbons (Fsp3) is 0.909. The van der Waals surface area contributed by atoms with Gasteiger partial charge in [-0.1, -0.05) is 39.7 Å². The van der Waals surface area contributed by atoms with Gasteiger partial charge in [0.25, 0.3) is 0 Å². The van der Waals surface area contributed by atoms with Gasteiger partial charge in [0.1, 0.15) is 5.67 Å². The molecule has 0 aromatic rings. The van der Waals surface area contributed by atoms with Crippen LogP contribution in [0.25, 0.3) is 0 Å². The van der Waals surface area contributed by atoms with Crippen molar-refractivity contribution in [3.05, 3.63) is 11.6 Å². The van der Waals surface area contributed by atoms with Crippen molar-refractivity contribution in [2.24, 2.45) is 17.3 Å². The number of ether oxygens (including phenoxy) is 1. The number of hydrogen-bond acceptors (Lipinski definition) is 1. The van der Waals surface area contributed by atoms with Crippen molar-refractivity contribution in [1.29, 1.82) is 0 Å². The van der Waals surface area contributed by atoms with Crippen LogP contribution in [0.2, 0.25) is 0 Å². The predicted octanol–water partition coefficient (Wildman–Crippen LogP) is 7.06. The molecule has 0 aromatic carbocycles. The fourth-order valence-electron chi connectivity index (χ4n) is 4.54. The maximum Gasteiger partial charge on any atom is 0.122 e. The summed E-state index contributed by atoms with van der Waals surface area (Å²) >= 11 is 0. The summed E-state index contributed by atoms with van der Waals surface area (Å²) in [5.74, 6) is 0.706. The highest BCUT2D eigenvalue weighted by molar-refractivity contribution is 5.17. The van der Waals surface area contributed by atoms with Crippen LogP contribution in [0.15, 0.2) is 11.6 Å². The molecule has 0 radical (unpaired) electrons. The lowest BCUT2D eigenvalue weighted by molar-refractivity contribution is -0.114. The molecule has 0 heterocycles. The first-order valence-corrected chi connectivity index (χ1v) is 9.99. The summed E-state index contributed by atoms with van der Waals surface area (Å²) in [6.07, 6.45) is 7.36. The summed E-state index contributed by atoms with van der Waals surface area (Å²) in [6.45, 7) is 11.8. The first kappa shape index (κ1) is 22.6. The first-order chi connectivity index (χ1) is 11.6. The van der Waals surface area contributed by atoms with Crippen LogP contribution < -0.4 is 0 Å². The molecule has 0 saturated heterocycles. The molecule has 1 rings (SSSR count). The normalized spacial score (nSPS) is 27.6. The molecule has 0 aliphatic heterocycles. The fourth-order valence-corrected chi connectivity index (χ4v) is 4.54. The zero-order valence-electron chi connectivity index (χ0n) is 17.6. The van der Waals surface area contributed by atoms with Gasteiger partial charge in [-0.3, -0.25) is 4.39 Å². The van der Waals surface area contributed by atoms with Crippen molar-refractivity contribution in [3.63, 3.8) is 0 Å². The van der Waals surface area contributed by atoms with E-state index in [2.05, 4.69) is 6.92 Å². The Kier molecular flexibility index (Phi) is 8.11. The van der Waals surface area contributed by atoms with E-state index in [0.29, 0.717) is 25.2 Å². The van der Waals surface area contributed by atoms with Crippen LogP contribution >= 0.6 is 0 Å². The van der Waals surface area contributed by atoms with Crippen LogP contribution in [0, 0.1) is 17.3 Å². The lowest BCUT2D eigenvalue weighted by Crippen LogP contribution is -2.53. The summed E-state index contributed by atoms with van der Waals surface area (Å²) in [7, 11) is 1.67. The average molecular weight is 359 g/mol. The van der Waals surface area contributed by atoms with Crippen LogP contribution in [0.1, 0.15) is 86.5 Å². The molecule has 1 nitrogen and oxygen atoms in total. The van der Waals surface area contributed by atoms with Crippen molar-refractivity contribution < 1.29 is 13.5 Å². The predicted molar refractivity (Wildman–Crippen MR) is 103 cm³/mol. The first-order valence-electron chi connectivity index (χ1n) is 9.99. The molecule has 1 aliphatic carbocycles. The van der Waals surface area contributed by atoms with E-state index in [0.717, 1.165) is 31.3 Å². The highest BCUT2D eigenvalue weighted by Gasteiger charge is 2.54. The van der Waals surface area contributed by atoms with E-state index in [1.165, 1.54) is 0 Å². The second-order valence-corrected chi connectivity index (χ2v) is 9.08. The summed E-state index contributed by atoms with van der Waals surface area (Å²) < 4.78 is 35.5. The van der Waals surface area contributed by atoms with Gasteiger partial charge < -0.3 is 4.74 Å². The minimum absolute atomic E-state index is 0.0254. The summed E-state index contributed by atoms with van der Waals surface area (Å²) in [4.78, 5) is 0. The van der Waals surface area contributed by atoms with Gasteiger partial charge >= 0.3 is 0 Å². The van der Waals surface area contributed by atoms with E-state index in [-0.39, 0.29) is 12.6 Å². The average Bonchev–Trinajstić information content (AvgIpc) is 2.59. The molecule has 0 aromatic heterocycles. The Labute approximate surface area is 154 Å². The third kappa shape index (κ3) is 5.05. The van der Waals surface area contributed by atoms with Gasteiger partial charge in [0, 0.05) is 13.5 Å². The Morgan fingerprint density at radius 2 is 1.72 bits per heavy atom. The van der Waals surface area contributed by atoms with E-state index >= 15 is 4.39 Å². The number of allylic oxidation sites excluding steroid dienone is 1. The third-order valence-electron chi connectivity index (χ3n) is 7.04. The molecule has 0 amide bonds. The van der Waals surface area contributed by atoms with E-state index in [1.54, 1.807) is 7.11 Å². The molecule has 1 aliphatic rings. The molecule has 0 spiro atoms. The van der Waals surface area contributed by atoms with Crippen molar-refractivity contribution in [3.8, 4) is 0 Å². The van der Waals surface area contributed by atoms with Crippen LogP contribution in [-0.4, -0.2) is 25.1 Å². The summed E-state index contributed by atoms with van der Waals surface area (Å²) in [5.41, 5.74) is -1.50. The van der Waals surface area contributed by atoms with Gasteiger partial charge in [-0.05, 0) is 69.3 Å². The van der Waals surface area contributed by atoms with Crippen molar-refractivity contribution in [2.45, 2.75) is 97.8 Å². The Balaban J connectivity index is 3.22. The molecule has 2 unspecified atom stereocenters. The number of hydrogen-bond donors (Lipinski definition) is 0. The van der Waals surface area contributed by atoms with E-state index in [9.17, 15) is 4.39 Å². The number of alkyl halides is 2. The monoisotopic (exact) mass is 358 g/mol. The Bertz CT molecular complexity index is 437. The van der Waals surface area contributed by atoms with E-state index in [1.807, 2.05) is 40.7 Å². The highest BCUT2D eigenvalue weighted by Crippen LogP contribution is 2.54. The molecule has 1 saturated carbocycles. The van der Waals surface area contributed by atoms with Gasteiger partial charge in [-0.2, -0.15) is 0 Å². The van der Waals surface area contributed by atoms with Crippen molar-refractivity contribution in [2.75, 3.05) is 13.8 Å². The van der Waals surface area contributed by atoms with E-state index < -0.39 is 16.7 Å². The smallest absolute Gasteiger partial charge is 0.122 e. The zero-order valence-corrected chi connectivity index (χ0v) is 17.6. The summed E-state index contributed by atoms with van der Waals surface area (Å²) in [5, 5.41) is 0. The van der Waals surface area contributed by atoms with Crippen LogP contribution in [0.4, 0.5) is 8.78 Å². The van der Waals surface area contributed by atoms with E-state index in [4.69, 9.17) is 4.74 Å². The maximum atomic E-state index is 16.9. The van der Waals surface area contributed by atoms with Crippen LogP contribution in [-0.2, 0) is 4.74 Å². The molecule has 0 bridgehead atoms. The van der Waals surface area contributed by atoms with Crippen molar-refractivity contribution >= 4 is 0 Å². The minimum atomic E-state index is -1.36. The molecular formula is C22H40F2O. The quantitative estimate of drug-likeness (QED) is 0.401. The Morgan fingerprint density at radius 3 is 2.16 bits per heavy atom. The van der Waals surface area contributed by atoms with Gasteiger partial charge in [0.15, 0.2) is 0 Å². The topological polar surface area (TPSA) is 9.23 Å². The number of methoxy groups -OCH3 is 1. The number of rotatable bonds is 9. The molecule has 0 N–H and O–H groups in total. The maximum absolute atomic E-state index is 16.9. The second kappa shape index (κ2) is 8.97. The van der Waals surface area contributed by atoms with Gasteiger partial charge in [0.05, 0.1) is 12.3 Å². The number of halogens is 2. The standard InChI is InChI=1S/C22H40F2O/c1-8-18(3)21(6,25-7)16-22(24,20(4,5)14-9-15-23)19-12-10-17(2)11-13-19/h8,17,19H,9-16H2,1-7H3/b18-8+. The second-order valence-electron chi connectivity index (χ2n) is 9.08. The molecule has 3 heteroatoms. The minimum Gasteiger partial charge on any atom is -0.374 e. The largest absolute Gasteiger partial charge is 0.374 e. The lowest BCUT2D eigenvalue weighted by atomic mass is 9.59. The van der Waals surface area contributed by atoms with Crippen molar-refractivity contribution in [1.82, 2.24) is 0 Å². The Hall–Kier alpha value is -0.440. The van der Waals surface area contributed by atoms with Gasteiger partial charge in [-0.25, -0.2) is 4.39 Å². The van der Waals surface area contributed by atoms with Crippen LogP contribution in [0.5, 0.6) is 0 Å². The molecule has 25 heavy (non-hydrogen) atoms. The lowest BCUT2D eigenvalue weighted by Gasteiger charge is -2.51. The SMILES string of the molecule is C/C=C(\C)C(C)(CC(F)(C1CCC(C)CC1)C(C)(C)CCCF)OC. The summed E-state index contributed by atoms with van der Waals surface area (Å²) in [6, 6.07) is 0. The zero-order chi connectivity index (χ0) is 19.3.